The summed E-state index contributed by atoms with van der Waals surface area (Å²) in [6.07, 6.45) is 4.70. The van der Waals surface area contributed by atoms with Gasteiger partial charge in [-0.05, 0) is 44.7 Å². The standard InChI is InChI=1S/C25H32N2O2/c1-18-8-12-21(13-9-18)16-24(28)27(17-22-14-10-19(2)11-15-22)20(3)25(29)26-23-6-4-5-7-23/h8-15,20,23H,4-7,16-17H2,1-3H3,(H,26,29)/t20-/m1/s1. The van der Waals surface area contributed by atoms with Crippen molar-refractivity contribution in [3.8, 4) is 0 Å². The lowest BCUT2D eigenvalue weighted by Gasteiger charge is -2.30. The van der Waals surface area contributed by atoms with E-state index in [-0.39, 0.29) is 17.9 Å². The second-order valence-corrected chi connectivity index (χ2v) is 8.34. The Bertz CT molecular complexity index is 821. The number of carbonyl (C=O) groups is 2. The second kappa shape index (κ2) is 9.73. The Morgan fingerprint density at radius 2 is 1.45 bits per heavy atom. The van der Waals surface area contributed by atoms with Crippen molar-refractivity contribution in [2.24, 2.45) is 0 Å². The number of nitrogens with one attached hydrogen (secondary N) is 1. The van der Waals surface area contributed by atoms with E-state index in [1.165, 1.54) is 24.0 Å². The maximum absolute atomic E-state index is 13.2. The van der Waals surface area contributed by atoms with Crippen LogP contribution in [0.25, 0.3) is 0 Å². The van der Waals surface area contributed by atoms with E-state index in [9.17, 15) is 9.59 Å². The molecule has 1 aliphatic carbocycles. The van der Waals surface area contributed by atoms with Crippen LogP contribution >= 0.6 is 0 Å². The van der Waals surface area contributed by atoms with Gasteiger partial charge in [-0.3, -0.25) is 9.59 Å². The highest BCUT2D eigenvalue weighted by Gasteiger charge is 2.28. The van der Waals surface area contributed by atoms with Crippen LogP contribution in [0, 0.1) is 13.8 Å². The molecule has 0 aliphatic heterocycles. The molecule has 0 spiro atoms. The van der Waals surface area contributed by atoms with Gasteiger partial charge in [0.05, 0.1) is 6.42 Å². The van der Waals surface area contributed by atoms with Gasteiger partial charge in [-0.2, -0.15) is 0 Å². The van der Waals surface area contributed by atoms with E-state index in [1.807, 2.05) is 69.3 Å². The summed E-state index contributed by atoms with van der Waals surface area (Å²) in [5, 5.41) is 3.15. The Morgan fingerprint density at radius 3 is 2.00 bits per heavy atom. The van der Waals surface area contributed by atoms with Crippen molar-refractivity contribution in [3.63, 3.8) is 0 Å². The van der Waals surface area contributed by atoms with Crippen LogP contribution in [0.3, 0.4) is 0 Å². The highest BCUT2D eigenvalue weighted by molar-refractivity contribution is 5.88. The van der Waals surface area contributed by atoms with Crippen LogP contribution in [0.4, 0.5) is 0 Å². The van der Waals surface area contributed by atoms with Crippen LogP contribution in [-0.4, -0.2) is 28.8 Å². The zero-order valence-electron chi connectivity index (χ0n) is 17.8. The molecule has 0 heterocycles. The third-order valence-electron chi connectivity index (χ3n) is 5.82. The number of rotatable bonds is 7. The van der Waals surface area contributed by atoms with Gasteiger partial charge in [0.15, 0.2) is 0 Å². The van der Waals surface area contributed by atoms with Crippen LogP contribution in [0.5, 0.6) is 0 Å². The lowest BCUT2D eigenvalue weighted by molar-refractivity contribution is -0.140. The number of aryl methyl sites for hydroxylation is 2. The molecule has 1 aliphatic rings. The summed E-state index contributed by atoms with van der Waals surface area (Å²) in [4.78, 5) is 27.8. The third kappa shape index (κ3) is 5.93. The quantitative estimate of drug-likeness (QED) is 0.763. The van der Waals surface area contributed by atoms with Crippen molar-refractivity contribution in [1.82, 2.24) is 10.2 Å². The average molecular weight is 393 g/mol. The minimum absolute atomic E-state index is 0.0245. The fraction of sp³-hybridized carbons (Fsp3) is 0.440. The van der Waals surface area contributed by atoms with E-state index >= 15 is 0 Å². The molecular formula is C25H32N2O2. The molecule has 0 bridgehead atoms. The molecule has 2 amide bonds. The normalized spacial score (nSPS) is 15.1. The van der Waals surface area contributed by atoms with Gasteiger partial charge in [0, 0.05) is 12.6 Å². The first-order valence-electron chi connectivity index (χ1n) is 10.6. The van der Waals surface area contributed by atoms with Crippen molar-refractivity contribution < 1.29 is 9.59 Å². The number of benzene rings is 2. The second-order valence-electron chi connectivity index (χ2n) is 8.34. The molecule has 154 valence electrons. The summed E-state index contributed by atoms with van der Waals surface area (Å²) >= 11 is 0. The SMILES string of the molecule is Cc1ccc(CC(=O)N(Cc2ccc(C)cc2)[C@H](C)C(=O)NC2CCCC2)cc1. The van der Waals surface area contributed by atoms with E-state index in [0.29, 0.717) is 13.0 Å². The summed E-state index contributed by atoms with van der Waals surface area (Å²) in [5.74, 6) is -0.0789. The molecule has 1 atom stereocenters. The molecule has 1 saturated carbocycles. The first-order valence-corrected chi connectivity index (χ1v) is 10.6. The van der Waals surface area contributed by atoms with Gasteiger partial charge >= 0.3 is 0 Å². The summed E-state index contributed by atoms with van der Waals surface area (Å²) < 4.78 is 0. The number of hydrogen-bond donors (Lipinski definition) is 1. The van der Waals surface area contributed by atoms with Crippen LogP contribution in [0.1, 0.15) is 54.9 Å². The molecule has 4 heteroatoms. The van der Waals surface area contributed by atoms with Crippen LogP contribution in [0.15, 0.2) is 48.5 Å². The molecule has 0 radical (unpaired) electrons. The number of amides is 2. The molecule has 2 aromatic carbocycles. The number of nitrogens with zero attached hydrogens (tertiary/aromatic N) is 1. The molecular weight excluding hydrogens is 360 g/mol. The van der Waals surface area contributed by atoms with Gasteiger partial charge in [-0.25, -0.2) is 0 Å². The van der Waals surface area contributed by atoms with E-state index in [0.717, 1.165) is 24.0 Å². The average Bonchev–Trinajstić information content (AvgIpc) is 3.21. The van der Waals surface area contributed by atoms with E-state index in [1.54, 1.807) is 4.90 Å². The van der Waals surface area contributed by atoms with Gasteiger partial charge in [-0.1, -0.05) is 72.5 Å². The van der Waals surface area contributed by atoms with Crippen molar-refractivity contribution >= 4 is 11.8 Å². The van der Waals surface area contributed by atoms with Gasteiger partial charge < -0.3 is 10.2 Å². The van der Waals surface area contributed by atoms with Crippen LogP contribution in [0.2, 0.25) is 0 Å². The molecule has 1 fully saturated rings. The van der Waals surface area contributed by atoms with Crippen molar-refractivity contribution in [2.45, 2.75) is 71.5 Å². The fourth-order valence-corrected chi connectivity index (χ4v) is 3.85. The highest BCUT2D eigenvalue weighted by atomic mass is 16.2. The van der Waals surface area contributed by atoms with E-state index < -0.39 is 6.04 Å². The lowest BCUT2D eigenvalue weighted by Crippen LogP contribution is -2.50. The minimum atomic E-state index is -0.505. The van der Waals surface area contributed by atoms with E-state index in [2.05, 4.69) is 5.32 Å². The van der Waals surface area contributed by atoms with Gasteiger partial charge in [0.1, 0.15) is 6.04 Å². The Balaban J connectivity index is 1.75. The largest absolute Gasteiger partial charge is 0.352 e. The zero-order chi connectivity index (χ0) is 20.8. The third-order valence-corrected chi connectivity index (χ3v) is 5.82. The van der Waals surface area contributed by atoms with Crippen LogP contribution < -0.4 is 5.32 Å². The molecule has 3 rings (SSSR count). The smallest absolute Gasteiger partial charge is 0.242 e. The predicted molar refractivity (Wildman–Crippen MR) is 116 cm³/mol. The monoisotopic (exact) mass is 392 g/mol. The summed E-state index contributed by atoms with van der Waals surface area (Å²) in [7, 11) is 0. The number of hydrogen-bond acceptors (Lipinski definition) is 2. The molecule has 2 aromatic rings. The summed E-state index contributed by atoms with van der Waals surface area (Å²) in [6, 6.07) is 15.9. The first kappa shape index (κ1) is 21.1. The molecule has 4 nitrogen and oxygen atoms in total. The van der Waals surface area contributed by atoms with E-state index in [4.69, 9.17) is 0 Å². The molecule has 1 N–H and O–H groups in total. The maximum Gasteiger partial charge on any atom is 0.242 e. The maximum atomic E-state index is 13.2. The Kier molecular flexibility index (Phi) is 7.08. The summed E-state index contributed by atoms with van der Waals surface area (Å²) in [5.41, 5.74) is 4.35. The first-order chi connectivity index (χ1) is 13.9. The topological polar surface area (TPSA) is 49.4 Å². The Hall–Kier alpha value is -2.62. The Morgan fingerprint density at radius 1 is 0.931 bits per heavy atom. The predicted octanol–water partition coefficient (Wildman–Crippen LogP) is 4.32. The summed E-state index contributed by atoms with van der Waals surface area (Å²) in [6.45, 7) is 6.35. The van der Waals surface area contributed by atoms with Crippen LogP contribution in [-0.2, 0) is 22.6 Å². The van der Waals surface area contributed by atoms with Crippen molar-refractivity contribution in [3.05, 3.63) is 70.8 Å². The highest BCUT2D eigenvalue weighted by Crippen LogP contribution is 2.19. The van der Waals surface area contributed by atoms with Crippen molar-refractivity contribution in [1.29, 1.82) is 0 Å². The lowest BCUT2D eigenvalue weighted by atomic mass is 10.1. The molecule has 0 aromatic heterocycles. The van der Waals surface area contributed by atoms with Gasteiger partial charge in [-0.15, -0.1) is 0 Å². The van der Waals surface area contributed by atoms with Crippen molar-refractivity contribution in [2.75, 3.05) is 0 Å². The van der Waals surface area contributed by atoms with Gasteiger partial charge in [0.25, 0.3) is 0 Å². The Labute approximate surface area is 174 Å². The minimum Gasteiger partial charge on any atom is -0.352 e. The zero-order valence-corrected chi connectivity index (χ0v) is 17.8. The number of carbonyl (C=O) groups excluding carboxylic acids is 2. The molecule has 0 saturated heterocycles. The molecule has 0 unspecified atom stereocenters. The van der Waals surface area contributed by atoms with Gasteiger partial charge in [0.2, 0.25) is 11.8 Å². The molecule has 29 heavy (non-hydrogen) atoms. The fourth-order valence-electron chi connectivity index (χ4n) is 3.85.